The van der Waals surface area contributed by atoms with Gasteiger partial charge in [-0.25, -0.2) is 9.97 Å². The zero-order chi connectivity index (χ0) is 36.9. The maximum Gasteiger partial charge on any atom is 0.128 e. The van der Waals surface area contributed by atoms with Crippen molar-refractivity contribution in [2.45, 2.75) is 54.3 Å². The second-order valence-corrected chi connectivity index (χ2v) is 15.2. The van der Waals surface area contributed by atoms with Crippen molar-refractivity contribution in [3.05, 3.63) is 60.2 Å². The Labute approximate surface area is 307 Å². The van der Waals surface area contributed by atoms with Crippen LogP contribution in [0.4, 0.5) is 11.6 Å². The van der Waals surface area contributed by atoms with Gasteiger partial charge in [-0.2, -0.15) is 10.2 Å². The van der Waals surface area contributed by atoms with Gasteiger partial charge >= 0.3 is 0 Å². The first kappa shape index (κ1) is 39.9. The smallest absolute Gasteiger partial charge is 0.128 e. The number of anilines is 2. The molecule has 0 saturated carbocycles. The Bertz CT molecular complexity index is 1550. The monoisotopic (exact) mass is 701 g/mol. The molecule has 4 heterocycles. The van der Waals surface area contributed by atoms with E-state index in [1.807, 2.05) is 32.7 Å². The van der Waals surface area contributed by atoms with E-state index < -0.39 is 0 Å². The average Bonchev–Trinajstić information content (AvgIpc) is 3.72. The summed E-state index contributed by atoms with van der Waals surface area (Å²) in [6.45, 7) is 20.4. The molecule has 0 aliphatic rings. The highest BCUT2D eigenvalue weighted by Crippen LogP contribution is 2.27. The summed E-state index contributed by atoms with van der Waals surface area (Å²) in [5.41, 5.74) is 6.52. The van der Waals surface area contributed by atoms with Crippen LogP contribution in [0.15, 0.2) is 49.1 Å². The standard InChI is InChI=1S/C39H64N12/c1-29(2)22-50(23-30(3)4)37-14-12-33(20-43-37)39-35(27-48(9)18-16-41-7)28-51(46-39)25-31(5)24-49(10)36-13-11-32(19-42-36)38-34(21-44-45-38)26-47(8)17-15-40-6/h11-14,19-21,28-31,40-41H,15-18,22-27H2,1-10H3,(H,44,45). The van der Waals surface area contributed by atoms with Gasteiger partial charge in [-0.15, -0.1) is 0 Å². The highest BCUT2D eigenvalue weighted by atomic mass is 15.3. The van der Waals surface area contributed by atoms with Crippen molar-refractivity contribution in [1.29, 1.82) is 0 Å². The Kier molecular flexibility index (Phi) is 15.4. The fraction of sp³-hybridized carbons (Fsp3) is 0.590. The van der Waals surface area contributed by atoms with Crippen molar-refractivity contribution < 1.29 is 0 Å². The molecule has 1 unspecified atom stereocenters. The molecule has 0 aliphatic carbocycles. The van der Waals surface area contributed by atoms with Crippen LogP contribution in [0.25, 0.3) is 22.5 Å². The summed E-state index contributed by atoms with van der Waals surface area (Å²) < 4.78 is 2.12. The molecule has 1 atom stereocenters. The highest BCUT2D eigenvalue weighted by Gasteiger charge is 2.18. The zero-order valence-electron chi connectivity index (χ0n) is 32.9. The number of pyridine rings is 2. The van der Waals surface area contributed by atoms with Gasteiger partial charge in [0.15, 0.2) is 0 Å². The molecule has 4 aromatic heterocycles. The Morgan fingerprint density at radius 3 is 1.88 bits per heavy atom. The van der Waals surface area contributed by atoms with Crippen molar-refractivity contribution in [2.24, 2.45) is 17.8 Å². The van der Waals surface area contributed by atoms with Gasteiger partial charge < -0.3 is 30.2 Å². The molecule has 4 rings (SSSR count). The van der Waals surface area contributed by atoms with E-state index in [1.54, 1.807) is 0 Å². The van der Waals surface area contributed by atoms with Gasteiger partial charge in [0.1, 0.15) is 11.6 Å². The van der Waals surface area contributed by atoms with Gasteiger partial charge in [-0.3, -0.25) is 9.78 Å². The number of rotatable bonds is 22. The molecule has 0 aliphatic heterocycles. The van der Waals surface area contributed by atoms with Crippen molar-refractivity contribution in [1.82, 2.24) is 50.4 Å². The first-order valence-corrected chi connectivity index (χ1v) is 18.6. The third-order valence-electron chi connectivity index (χ3n) is 8.95. The molecule has 280 valence electrons. The molecular formula is C39H64N12. The van der Waals surface area contributed by atoms with E-state index in [0.29, 0.717) is 17.8 Å². The minimum Gasteiger partial charge on any atom is -0.359 e. The summed E-state index contributed by atoms with van der Waals surface area (Å²) in [4.78, 5) is 19.1. The van der Waals surface area contributed by atoms with Crippen LogP contribution >= 0.6 is 0 Å². The number of hydrogen-bond acceptors (Lipinski definition) is 10. The van der Waals surface area contributed by atoms with Crippen molar-refractivity contribution in [2.75, 3.05) is 90.9 Å². The van der Waals surface area contributed by atoms with E-state index in [-0.39, 0.29) is 0 Å². The summed E-state index contributed by atoms with van der Waals surface area (Å²) in [6, 6.07) is 8.60. The van der Waals surface area contributed by atoms with Crippen molar-refractivity contribution >= 4 is 11.6 Å². The molecule has 0 spiro atoms. The third-order valence-corrected chi connectivity index (χ3v) is 8.95. The van der Waals surface area contributed by atoms with E-state index in [0.717, 1.165) is 99.6 Å². The molecule has 0 aromatic carbocycles. The first-order valence-electron chi connectivity index (χ1n) is 18.6. The van der Waals surface area contributed by atoms with Gasteiger partial charge in [0.25, 0.3) is 0 Å². The van der Waals surface area contributed by atoms with Crippen molar-refractivity contribution in [3.8, 4) is 22.5 Å². The van der Waals surface area contributed by atoms with Crippen LogP contribution in [0, 0.1) is 17.8 Å². The summed E-state index contributed by atoms with van der Waals surface area (Å²) in [6.07, 6.45) is 8.10. The van der Waals surface area contributed by atoms with Gasteiger partial charge in [-0.05, 0) is 70.2 Å². The van der Waals surface area contributed by atoms with Crippen LogP contribution in [0.3, 0.4) is 0 Å². The molecule has 12 nitrogen and oxygen atoms in total. The molecule has 0 saturated heterocycles. The van der Waals surface area contributed by atoms with E-state index >= 15 is 0 Å². The normalized spacial score (nSPS) is 12.5. The van der Waals surface area contributed by atoms with Crippen molar-refractivity contribution in [3.63, 3.8) is 0 Å². The molecule has 4 aromatic rings. The Morgan fingerprint density at radius 2 is 1.31 bits per heavy atom. The number of H-pyrrole nitrogens is 1. The Morgan fingerprint density at radius 1 is 0.725 bits per heavy atom. The lowest BCUT2D eigenvalue weighted by atomic mass is 10.1. The van der Waals surface area contributed by atoms with Crippen LogP contribution in [0.2, 0.25) is 0 Å². The van der Waals surface area contributed by atoms with E-state index in [4.69, 9.17) is 15.1 Å². The number of aromatic nitrogens is 6. The number of nitrogens with zero attached hydrogens (tertiary/aromatic N) is 9. The number of hydrogen-bond donors (Lipinski definition) is 3. The highest BCUT2D eigenvalue weighted by molar-refractivity contribution is 5.64. The molecule has 0 fully saturated rings. The molecule has 0 bridgehead atoms. The Hall–Kier alpha value is -3.84. The zero-order valence-corrected chi connectivity index (χ0v) is 32.9. The van der Waals surface area contributed by atoms with Crippen LogP contribution in [0.5, 0.6) is 0 Å². The lowest BCUT2D eigenvalue weighted by molar-refractivity contribution is 0.328. The summed E-state index contributed by atoms with van der Waals surface area (Å²) in [7, 11) is 10.4. The Balaban J connectivity index is 1.45. The predicted octanol–water partition coefficient (Wildman–Crippen LogP) is 4.92. The van der Waals surface area contributed by atoms with E-state index in [2.05, 4.69) is 131 Å². The summed E-state index contributed by atoms with van der Waals surface area (Å²) >= 11 is 0. The molecule has 51 heavy (non-hydrogen) atoms. The van der Waals surface area contributed by atoms with Crippen LogP contribution < -0.4 is 20.4 Å². The molecule has 0 radical (unpaired) electrons. The number of aromatic amines is 1. The topological polar surface area (TPSA) is 109 Å². The van der Waals surface area contributed by atoms with Gasteiger partial charge in [0.05, 0.1) is 17.6 Å². The SMILES string of the molecule is CNCCN(C)Cc1cn(CC(C)CN(C)c2ccc(-c3[nH]ncc3CN(C)CCNC)cn2)nc1-c1ccc(N(CC(C)C)CC(C)C)nc1. The second-order valence-electron chi connectivity index (χ2n) is 15.2. The maximum atomic E-state index is 5.16. The first-order chi connectivity index (χ1) is 24.5. The quantitative estimate of drug-likeness (QED) is 0.105. The predicted molar refractivity (Wildman–Crippen MR) is 212 cm³/mol. The third kappa shape index (κ3) is 12.1. The maximum absolute atomic E-state index is 5.16. The summed E-state index contributed by atoms with van der Waals surface area (Å²) in [5, 5.41) is 19.2. The lowest BCUT2D eigenvalue weighted by Gasteiger charge is -2.27. The average molecular weight is 701 g/mol. The fourth-order valence-electron chi connectivity index (χ4n) is 6.50. The van der Waals surface area contributed by atoms with Crippen LogP contribution in [-0.4, -0.2) is 121 Å². The van der Waals surface area contributed by atoms with Gasteiger partial charge in [-0.1, -0.05) is 34.6 Å². The van der Waals surface area contributed by atoms with Crippen LogP contribution in [-0.2, 0) is 19.6 Å². The molecule has 12 heteroatoms. The lowest BCUT2D eigenvalue weighted by Crippen LogP contribution is -2.31. The minimum absolute atomic E-state index is 0.340. The molecular weight excluding hydrogens is 637 g/mol. The van der Waals surface area contributed by atoms with Gasteiger partial charge in [0.2, 0.25) is 0 Å². The second kappa shape index (κ2) is 19.7. The number of likely N-dealkylation sites (N-methyl/N-ethyl adjacent to an activating group) is 4. The van der Waals surface area contributed by atoms with Gasteiger partial charge in [0, 0.05) is 113 Å². The van der Waals surface area contributed by atoms with E-state index in [1.165, 1.54) is 11.1 Å². The fourth-order valence-corrected chi connectivity index (χ4v) is 6.50. The molecule has 0 amide bonds. The summed E-state index contributed by atoms with van der Waals surface area (Å²) in [5.74, 6) is 3.45. The van der Waals surface area contributed by atoms with E-state index in [9.17, 15) is 0 Å². The molecule has 3 N–H and O–H groups in total. The number of nitrogens with one attached hydrogen (secondary N) is 3. The largest absolute Gasteiger partial charge is 0.359 e. The van der Waals surface area contributed by atoms with Crippen LogP contribution in [0.1, 0.15) is 45.7 Å². The minimum atomic E-state index is 0.340.